The summed E-state index contributed by atoms with van der Waals surface area (Å²) < 4.78 is 12.0. The van der Waals surface area contributed by atoms with Gasteiger partial charge in [-0.3, -0.25) is 14.5 Å². The minimum Gasteiger partial charge on any atom is -0.494 e. The van der Waals surface area contributed by atoms with Crippen molar-refractivity contribution >= 4 is 34.8 Å². The van der Waals surface area contributed by atoms with Crippen molar-refractivity contribution in [3.05, 3.63) is 59.4 Å². The first-order chi connectivity index (χ1) is 15.1. The van der Waals surface area contributed by atoms with Gasteiger partial charge in [0, 0.05) is 35.6 Å². The molecule has 0 atom stereocenters. The molecule has 0 spiro atoms. The molecule has 0 saturated heterocycles. The van der Waals surface area contributed by atoms with Crippen LogP contribution in [0.15, 0.2) is 54.6 Å². The van der Waals surface area contributed by atoms with E-state index >= 15 is 0 Å². The quantitative estimate of drug-likeness (QED) is 0.381. The Morgan fingerprint density at radius 2 is 1.94 bits per heavy atom. The van der Waals surface area contributed by atoms with Gasteiger partial charge in [0.05, 0.1) is 6.61 Å². The third-order valence-corrected chi connectivity index (χ3v) is 5.39. The van der Waals surface area contributed by atoms with E-state index in [1.165, 1.54) is 0 Å². The third-order valence-electron chi connectivity index (χ3n) is 4.45. The first-order valence-electron chi connectivity index (χ1n) is 9.71. The maximum atomic E-state index is 12.5. The molecule has 0 aliphatic rings. The van der Waals surface area contributed by atoms with Crippen LogP contribution in [-0.4, -0.2) is 36.6 Å². The number of anilines is 1. The molecule has 0 saturated carbocycles. The van der Waals surface area contributed by atoms with Crippen molar-refractivity contribution in [1.29, 1.82) is 0 Å². The van der Waals surface area contributed by atoms with E-state index in [0.717, 1.165) is 28.4 Å². The Morgan fingerprint density at radius 3 is 2.68 bits per heavy atom. The molecule has 0 unspecified atom stereocenters. The Balaban J connectivity index is 1.40. The normalized spacial score (nSPS) is 10.7. The molecule has 0 bridgehead atoms. The van der Waals surface area contributed by atoms with E-state index in [9.17, 15) is 4.79 Å². The molecular weight excluding hydrogens is 432 g/mol. The second-order valence-corrected chi connectivity index (χ2v) is 7.69. The minimum atomic E-state index is -0.170. The molecule has 4 rings (SSSR count). The van der Waals surface area contributed by atoms with Gasteiger partial charge >= 0.3 is 0 Å². The highest BCUT2D eigenvalue weighted by atomic mass is 32.1. The molecule has 0 aliphatic carbocycles. The molecule has 158 valence electrons. The molecule has 2 aromatic heterocycles. The molecule has 2 aromatic carbocycles. The molecule has 31 heavy (non-hydrogen) atoms. The van der Waals surface area contributed by atoms with E-state index in [4.69, 9.17) is 17.0 Å². The standard InChI is InChI=1S/C21H20N6O2S2/c1-2-29-16-10-8-15(9-11-16)19-24-25-21(30)27(19)13-12-17(28)22-20-23-18(26-31-20)14-6-4-3-5-7-14/h3-11H,2,12-13H2,1H3,(H,25,30)(H,22,23,26,28). The Labute approximate surface area is 188 Å². The smallest absolute Gasteiger partial charge is 0.227 e. The number of aromatic amines is 1. The second-order valence-electron chi connectivity index (χ2n) is 6.55. The van der Waals surface area contributed by atoms with Gasteiger partial charge in [-0.25, -0.2) is 0 Å². The van der Waals surface area contributed by atoms with Crippen LogP contribution in [0, 0.1) is 4.77 Å². The van der Waals surface area contributed by atoms with Gasteiger partial charge in [0.1, 0.15) is 5.75 Å². The molecule has 2 heterocycles. The van der Waals surface area contributed by atoms with Gasteiger partial charge in [-0.2, -0.15) is 14.5 Å². The zero-order valence-corrected chi connectivity index (χ0v) is 18.4. The second kappa shape index (κ2) is 9.63. The fraction of sp³-hybridized carbons (Fsp3) is 0.190. The Kier molecular flexibility index (Phi) is 6.48. The highest BCUT2D eigenvalue weighted by Crippen LogP contribution is 2.22. The number of benzene rings is 2. The summed E-state index contributed by atoms with van der Waals surface area (Å²) in [6.45, 7) is 2.93. The van der Waals surface area contributed by atoms with E-state index in [1.54, 1.807) is 4.57 Å². The van der Waals surface area contributed by atoms with Crippen LogP contribution in [0.3, 0.4) is 0 Å². The topological polar surface area (TPSA) is 97.7 Å². The molecule has 4 aromatic rings. The average molecular weight is 453 g/mol. The number of hydrogen-bond acceptors (Lipinski definition) is 7. The minimum absolute atomic E-state index is 0.170. The Bertz CT molecular complexity index is 1210. The van der Waals surface area contributed by atoms with E-state index in [0.29, 0.717) is 34.7 Å². The lowest BCUT2D eigenvalue weighted by atomic mass is 10.2. The summed E-state index contributed by atoms with van der Waals surface area (Å²) >= 11 is 6.50. The lowest BCUT2D eigenvalue weighted by Crippen LogP contribution is -2.15. The molecule has 0 aliphatic heterocycles. The lowest BCUT2D eigenvalue weighted by molar-refractivity contribution is -0.116. The Morgan fingerprint density at radius 1 is 1.16 bits per heavy atom. The molecule has 10 heteroatoms. The monoisotopic (exact) mass is 452 g/mol. The molecule has 2 N–H and O–H groups in total. The number of rotatable bonds is 8. The summed E-state index contributed by atoms with van der Waals surface area (Å²) in [7, 11) is 0. The number of ether oxygens (including phenoxy) is 1. The van der Waals surface area contributed by atoms with Crippen molar-refractivity contribution in [2.45, 2.75) is 19.9 Å². The van der Waals surface area contributed by atoms with E-state index in [1.807, 2.05) is 61.5 Å². The van der Waals surface area contributed by atoms with Crippen LogP contribution in [0.5, 0.6) is 5.75 Å². The van der Waals surface area contributed by atoms with Crippen LogP contribution in [-0.2, 0) is 11.3 Å². The summed E-state index contributed by atoms with van der Waals surface area (Å²) in [5.41, 5.74) is 1.79. The van der Waals surface area contributed by atoms with Crippen molar-refractivity contribution in [2.24, 2.45) is 0 Å². The van der Waals surface area contributed by atoms with Crippen molar-refractivity contribution in [2.75, 3.05) is 11.9 Å². The number of H-pyrrole nitrogens is 1. The van der Waals surface area contributed by atoms with Crippen LogP contribution in [0.25, 0.3) is 22.8 Å². The number of carbonyl (C=O) groups is 1. The van der Waals surface area contributed by atoms with Gasteiger partial charge in [-0.05, 0) is 43.4 Å². The van der Waals surface area contributed by atoms with Crippen molar-refractivity contribution < 1.29 is 9.53 Å². The summed E-state index contributed by atoms with van der Waals surface area (Å²) in [5, 5.41) is 10.4. The van der Waals surface area contributed by atoms with Gasteiger partial charge in [0.2, 0.25) is 11.0 Å². The van der Waals surface area contributed by atoms with Gasteiger partial charge in [0.15, 0.2) is 16.4 Å². The van der Waals surface area contributed by atoms with Gasteiger partial charge in [-0.1, -0.05) is 30.3 Å². The van der Waals surface area contributed by atoms with Gasteiger partial charge in [0.25, 0.3) is 0 Å². The van der Waals surface area contributed by atoms with Crippen LogP contribution >= 0.6 is 23.8 Å². The zero-order chi connectivity index (χ0) is 21.6. The van der Waals surface area contributed by atoms with Crippen LogP contribution in [0.2, 0.25) is 0 Å². The predicted octanol–water partition coefficient (Wildman–Crippen LogP) is 4.55. The summed E-state index contributed by atoms with van der Waals surface area (Å²) in [6.07, 6.45) is 0.220. The van der Waals surface area contributed by atoms with Crippen molar-refractivity contribution in [3.8, 4) is 28.5 Å². The molecule has 0 fully saturated rings. The largest absolute Gasteiger partial charge is 0.494 e. The number of nitrogens with one attached hydrogen (secondary N) is 2. The van der Waals surface area contributed by atoms with Crippen molar-refractivity contribution in [1.82, 2.24) is 24.1 Å². The number of carbonyl (C=O) groups excluding carboxylic acids is 1. The number of hydrogen-bond donors (Lipinski definition) is 2. The first-order valence-corrected chi connectivity index (χ1v) is 10.9. The van der Waals surface area contributed by atoms with Crippen molar-refractivity contribution in [3.63, 3.8) is 0 Å². The summed E-state index contributed by atoms with van der Waals surface area (Å²) in [5.74, 6) is 1.88. The van der Waals surface area contributed by atoms with Crippen LogP contribution < -0.4 is 10.1 Å². The van der Waals surface area contributed by atoms with E-state index in [2.05, 4.69) is 24.9 Å². The SMILES string of the molecule is CCOc1ccc(-c2n[nH]c(=S)n2CCC(=O)Nc2nc(-c3ccccc3)ns2)cc1. The van der Waals surface area contributed by atoms with Gasteiger partial charge < -0.3 is 10.1 Å². The third kappa shape index (κ3) is 5.04. The van der Waals surface area contributed by atoms with E-state index < -0.39 is 0 Å². The molecule has 8 nitrogen and oxygen atoms in total. The average Bonchev–Trinajstić information content (AvgIpc) is 3.40. The molecule has 0 radical (unpaired) electrons. The fourth-order valence-electron chi connectivity index (χ4n) is 2.99. The number of aromatic nitrogens is 5. The highest BCUT2D eigenvalue weighted by Gasteiger charge is 2.13. The number of nitrogens with zero attached hydrogens (tertiary/aromatic N) is 4. The zero-order valence-electron chi connectivity index (χ0n) is 16.7. The van der Waals surface area contributed by atoms with E-state index in [-0.39, 0.29) is 12.3 Å². The fourth-order valence-corrected chi connectivity index (χ4v) is 3.82. The lowest BCUT2D eigenvalue weighted by Gasteiger charge is -2.08. The Hall–Kier alpha value is -3.37. The highest BCUT2D eigenvalue weighted by molar-refractivity contribution is 7.71. The van der Waals surface area contributed by atoms with Gasteiger partial charge in [-0.15, -0.1) is 0 Å². The predicted molar refractivity (Wildman–Crippen MR) is 123 cm³/mol. The van der Waals surface area contributed by atoms with Crippen LogP contribution in [0.1, 0.15) is 13.3 Å². The maximum absolute atomic E-state index is 12.5. The maximum Gasteiger partial charge on any atom is 0.227 e. The number of amides is 1. The summed E-state index contributed by atoms with van der Waals surface area (Å²) in [6, 6.07) is 17.2. The molecule has 1 amide bonds. The molecular formula is C21H20N6O2S2. The summed E-state index contributed by atoms with van der Waals surface area (Å²) in [4.78, 5) is 16.9. The first kappa shape index (κ1) is 20.9. The van der Waals surface area contributed by atoms with Crippen LogP contribution in [0.4, 0.5) is 5.13 Å².